The van der Waals surface area contributed by atoms with Crippen LogP contribution < -0.4 is 0 Å². The van der Waals surface area contributed by atoms with E-state index in [2.05, 4.69) is 50.2 Å². The Balaban J connectivity index is 3.39. The highest BCUT2D eigenvalue weighted by Crippen LogP contribution is 2.04. The number of likely N-dealkylation sites (N-methyl/N-ethyl adjacent to an activating group) is 1. The van der Waals surface area contributed by atoms with Crippen molar-refractivity contribution in [1.82, 2.24) is 4.90 Å². The van der Waals surface area contributed by atoms with Crippen molar-refractivity contribution in [2.75, 3.05) is 13.6 Å². The topological polar surface area (TPSA) is 3.24 Å². The summed E-state index contributed by atoms with van der Waals surface area (Å²) in [6.07, 6.45) is 22.5. The van der Waals surface area contributed by atoms with Gasteiger partial charge in [-0.05, 0) is 31.9 Å². The van der Waals surface area contributed by atoms with Gasteiger partial charge in [0.25, 0.3) is 0 Å². The Bertz CT molecular complexity index is 218. The minimum Gasteiger partial charge on any atom is -0.377 e. The summed E-state index contributed by atoms with van der Waals surface area (Å²) in [6, 6.07) is 0. The summed E-state index contributed by atoms with van der Waals surface area (Å²) >= 11 is 0. The zero-order chi connectivity index (χ0) is 14.2. The van der Waals surface area contributed by atoms with Gasteiger partial charge < -0.3 is 4.90 Å². The van der Waals surface area contributed by atoms with Crippen molar-refractivity contribution >= 4 is 0 Å². The molecule has 0 saturated carbocycles. The second kappa shape index (κ2) is 15.3. The molecule has 0 unspecified atom stereocenters. The van der Waals surface area contributed by atoms with Crippen molar-refractivity contribution in [2.45, 2.75) is 78.1 Å². The Morgan fingerprint density at radius 1 is 0.684 bits per heavy atom. The van der Waals surface area contributed by atoms with E-state index >= 15 is 0 Å². The first-order valence-electron chi connectivity index (χ1n) is 8.33. The van der Waals surface area contributed by atoms with E-state index in [9.17, 15) is 0 Å². The quantitative estimate of drug-likeness (QED) is 0.295. The minimum atomic E-state index is 1.04. The fraction of sp³-hybridized carbons (Fsp3) is 0.778. The molecule has 0 aromatic carbocycles. The predicted molar refractivity (Wildman–Crippen MR) is 88.4 cm³/mol. The summed E-state index contributed by atoms with van der Waals surface area (Å²) in [5.41, 5.74) is 0. The van der Waals surface area contributed by atoms with Crippen LogP contribution >= 0.6 is 0 Å². The van der Waals surface area contributed by atoms with Crippen molar-refractivity contribution in [3.8, 4) is 0 Å². The summed E-state index contributed by atoms with van der Waals surface area (Å²) in [7, 11) is 2.16. The summed E-state index contributed by atoms with van der Waals surface area (Å²) in [5, 5.41) is 0. The van der Waals surface area contributed by atoms with Crippen LogP contribution in [0.5, 0.6) is 0 Å². The Morgan fingerprint density at radius 2 is 1.26 bits per heavy atom. The van der Waals surface area contributed by atoms with Crippen LogP contribution in [-0.4, -0.2) is 18.5 Å². The van der Waals surface area contributed by atoms with E-state index in [4.69, 9.17) is 0 Å². The van der Waals surface area contributed by atoms with Gasteiger partial charge in [0.05, 0.1) is 0 Å². The smallest absolute Gasteiger partial charge is 0.0350 e. The molecule has 19 heavy (non-hydrogen) atoms. The summed E-state index contributed by atoms with van der Waals surface area (Å²) < 4.78 is 0. The number of allylic oxidation sites excluding steroid dienone is 2. The van der Waals surface area contributed by atoms with Gasteiger partial charge in [0, 0.05) is 13.6 Å². The standard InChI is InChI=1S/C18H35N/c1-4-6-8-10-12-14-16-18-19(3)17-15-13-11-9-7-5-2/h14-17H,4-13,18H2,1-3H3. The molecule has 0 N–H and O–H groups in total. The Hall–Kier alpha value is -0.720. The van der Waals surface area contributed by atoms with Gasteiger partial charge in [-0.3, -0.25) is 0 Å². The lowest BCUT2D eigenvalue weighted by Crippen LogP contribution is -2.09. The third-order valence-corrected chi connectivity index (χ3v) is 3.37. The molecule has 1 nitrogen and oxygen atoms in total. The molecule has 1 heteroatoms. The maximum Gasteiger partial charge on any atom is 0.0350 e. The highest BCUT2D eigenvalue weighted by atomic mass is 15.1. The van der Waals surface area contributed by atoms with E-state index in [-0.39, 0.29) is 0 Å². The lowest BCUT2D eigenvalue weighted by molar-refractivity contribution is 0.505. The average Bonchev–Trinajstić information content (AvgIpc) is 2.41. The summed E-state index contributed by atoms with van der Waals surface area (Å²) in [6.45, 7) is 5.57. The molecule has 0 atom stereocenters. The van der Waals surface area contributed by atoms with Crippen LogP contribution in [0.4, 0.5) is 0 Å². The van der Waals surface area contributed by atoms with E-state index in [1.807, 2.05) is 0 Å². The number of hydrogen-bond donors (Lipinski definition) is 0. The van der Waals surface area contributed by atoms with Crippen molar-refractivity contribution < 1.29 is 0 Å². The van der Waals surface area contributed by atoms with E-state index in [1.54, 1.807) is 0 Å². The van der Waals surface area contributed by atoms with Crippen LogP contribution in [0.25, 0.3) is 0 Å². The third kappa shape index (κ3) is 15.2. The first-order chi connectivity index (χ1) is 9.31. The second-order valence-electron chi connectivity index (χ2n) is 5.49. The molecule has 0 rings (SSSR count). The predicted octanol–water partition coefficient (Wildman–Crippen LogP) is 5.93. The maximum atomic E-state index is 2.33. The highest BCUT2D eigenvalue weighted by molar-refractivity contribution is 4.89. The average molecular weight is 265 g/mol. The van der Waals surface area contributed by atoms with Gasteiger partial charge >= 0.3 is 0 Å². The summed E-state index contributed by atoms with van der Waals surface area (Å²) in [4.78, 5) is 2.27. The Kier molecular flexibility index (Phi) is 14.8. The fourth-order valence-corrected chi connectivity index (χ4v) is 2.05. The molecule has 0 radical (unpaired) electrons. The van der Waals surface area contributed by atoms with Gasteiger partial charge in [-0.15, -0.1) is 0 Å². The fourth-order valence-electron chi connectivity index (χ4n) is 2.05. The first-order valence-corrected chi connectivity index (χ1v) is 8.33. The largest absolute Gasteiger partial charge is 0.377 e. The van der Waals surface area contributed by atoms with Crippen molar-refractivity contribution in [2.24, 2.45) is 0 Å². The van der Waals surface area contributed by atoms with Crippen LogP contribution in [0, 0.1) is 0 Å². The van der Waals surface area contributed by atoms with E-state index in [0.29, 0.717) is 0 Å². The molecule has 112 valence electrons. The van der Waals surface area contributed by atoms with Gasteiger partial charge in [-0.25, -0.2) is 0 Å². The zero-order valence-corrected chi connectivity index (χ0v) is 13.5. The van der Waals surface area contributed by atoms with Gasteiger partial charge in [0.15, 0.2) is 0 Å². The number of nitrogens with zero attached hydrogens (tertiary/aromatic N) is 1. The van der Waals surface area contributed by atoms with Crippen LogP contribution in [0.1, 0.15) is 78.1 Å². The van der Waals surface area contributed by atoms with Crippen molar-refractivity contribution in [1.29, 1.82) is 0 Å². The molecule has 0 aromatic rings. The van der Waals surface area contributed by atoms with Gasteiger partial charge in [-0.2, -0.15) is 0 Å². The molecule has 0 aliphatic carbocycles. The van der Waals surface area contributed by atoms with Crippen LogP contribution in [0.15, 0.2) is 24.4 Å². The third-order valence-electron chi connectivity index (χ3n) is 3.37. The first kappa shape index (κ1) is 18.3. The van der Waals surface area contributed by atoms with Crippen molar-refractivity contribution in [3.63, 3.8) is 0 Å². The van der Waals surface area contributed by atoms with Crippen LogP contribution in [-0.2, 0) is 0 Å². The zero-order valence-electron chi connectivity index (χ0n) is 13.5. The Morgan fingerprint density at radius 3 is 1.84 bits per heavy atom. The highest BCUT2D eigenvalue weighted by Gasteiger charge is 1.88. The number of unbranched alkanes of at least 4 members (excludes halogenated alkanes) is 8. The molecule has 0 saturated heterocycles. The van der Waals surface area contributed by atoms with Crippen molar-refractivity contribution in [3.05, 3.63) is 24.4 Å². The molecule has 0 aromatic heterocycles. The molecule has 0 spiro atoms. The maximum absolute atomic E-state index is 2.33. The minimum absolute atomic E-state index is 1.04. The van der Waals surface area contributed by atoms with E-state index < -0.39 is 0 Å². The van der Waals surface area contributed by atoms with Gasteiger partial charge in [0.2, 0.25) is 0 Å². The lowest BCUT2D eigenvalue weighted by Gasteiger charge is -2.10. The summed E-state index contributed by atoms with van der Waals surface area (Å²) in [5.74, 6) is 0. The van der Waals surface area contributed by atoms with E-state index in [0.717, 1.165) is 6.54 Å². The van der Waals surface area contributed by atoms with Crippen LogP contribution in [0.3, 0.4) is 0 Å². The van der Waals surface area contributed by atoms with Gasteiger partial charge in [0.1, 0.15) is 0 Å². The molecular weight excluding hydrogens is 230 g/mol. The monoisotopic (exact) mass is 265 g/mol. The normalized spacial score (nSPS) is 11.7. The molecular formula is C18H35N. The Labute approximate surface area is 121 Å². The second-order valence-corrected chi connectivity index (χ2v) is 5.49. The lowest BCUT2D eigenvalue weighted by atomic mass is 10.1. The SMILES string of the molecule is CCCCCCC=CCN(C)C=CCCCCCC. The molecule has 0 amide bonds. The van der Waals surface area contributed by atoms with Crippen LogP contribution in [0.2, 0.25) is 0 Å². The molecule has 0 aliphatic rings. The molecule has 0 bridgehead atoms. The van der Waals surface area contributed by atoms with Gasteiger partial charge in [-0.1, -0.05) is 70.6 Å². The molecule has 0 fully saturated rings. The van der Waals surface area contributed by atoms with E-state index in [1.165, 1.54) is 64.2 Å². The molecule has 0 heterocycles. The number of hydrogen-bond acceptors (Lipinski definition) is 1. The molecule has 0 aliphatic heterocycles. The number of rotatable bonds is 13.